The molecule has 0 aromatic carbocycles. The van der Waals surface area contributed by atoms with Crippen molar-refractivity contribution in [3.63, 3.8) is 0 Å². The molecule has 0 aliphatic rings. The Balaban J connectivity index is 3.15. The molecule has 0 amide bonds. The first-order valence-electron chi connectivity index (χ1n) is 3.95. The third-order valence-corrected chi connectivity index (χ3v) is 1.07. The lowest BCUT2D eigenvalue weighted by Gasteiger charge is -1.81. The zero-order valence-corrected chi connectivity index (χ0v) is 6.88. The lowest BCUT2D eigenvalue weighted by Crippen LogP contribution is -1.72. The van der Waals surface area contributed by atoms with E-state index in [4.69, 9.17) is 0 Å². The van der Waals surface area contributed by atoms with E-state index in [1.807, 2.05) is 12.4 Å². The Morgan fingerprint density at radius 3 is 1.60 bits per heavy atom. The van der Waals surface area contributed by atoms with Crippen LogP contribution < -0.4 is 0 Å². The van der Waals surface area contributed by atoms with Gasteiger partial charge >= 0.3 is 0 Å². The minimum atomic E-state index is 1.03. The number of nitrogens with zero attached hydrogens (tertiary/aromatic N) is 2. The standard InChI is InChI=1S/C8H16N2/c1-3-5-7-9-10-8-6-4-2/h7-8H,3-6H2,1-2H3/b9-7-,10-8-. The molecule has 0 aliphatic heterocycles. The van der Waals surface area contributed by atoms with Gasteiger partial charge in [-0.1, -0.05) is 26.7 Å². The molecule has 2 nitrogen and oxygen atoms in total. The van der Waals surface area contributed by atoms with Gasteiger partial charge in [-0.15, -0.1) is 0 Å². The van der Waals surface area contributed by atoms with Crippen LogP contribution in [0.2, 0.25) is 0 Å². The molecule has 0 N–H and O–H groups in total. The van der Waals surface area contributed by atoms with E-state index in [-0.39, 0.29) is 0 Å². The van der Waals surface area contributed by atoms with Gasteiger partial charge in [-0.3, -0.25) is 0 Å². The molecule has 0 saturated carbocycles. The van der Waals surface area contributed by atoms with Crippen molar-refractivity contribution in [2.45, 2.75) is 39.5 Å². The van der Waals surface area contributed by atoms with E-state index in [9.17, 15) is 0 Å². The maximum absolute atomic E-state index is 3.84. The summed E-state index contributed by atoms with van der Waals surface area (Å²) >= 11 is 0. The predicted molar refractivity (Wildman–Crippen MR) is 46.8 cm³/mol. The topological polar surface area (TPSA) is 24.7 Å². The normalized spacial score (nSPS) is 11.8. The van der Waals surface area contributed by atoms with E-state index in [0.29, 0.717) is 0 Å². The minimum absolute atomic E-state index is 1.03. The summed E-state index contributed by atoms with van der Waals surface area (Å²) < 4.78 is 0. The Labute approximate surface area is 63.1 Å². The second kappa shape index (κ2) is 8.34. The average molecular weight is 140 g/mol. The molecule has 0 fully saturated rings. The van der Waals surface area contributed by atoms with Gasteiger partial charge in [-0.2, -0.15) is 10.2 Å². The van der Waals surface area contributed by atoms with Gasteiger partial charge in [0.2, 0.25) is 0 Å². The SMILES string of the molecule is CCC/C=N\N=C/CCC. The number of hydrogen-bond acceptors (Lipinski definition) is 2. The van der Waals surface area contributed by atoms with Gasteiger partial charge in [-0.05, 0) is 12.8 Å². The van der Waals surface area contributed by atoms with Crippen molar-refractivity contribution in [3.8, 4) is 0 Å². The zero-order chi connectivity index (χ0) is 7.66. The highest BCUT2D eigenvalue weighted by Gasteiger charge is 1.72. The lowest BCUT2D eigenvalue weighted by atomic mass is 10.4. The largest absolute Gasteiger partial charge is 0.164 e. The summed E-state index contributed by atoms with van der Waals surface area (Å²) in [6, 6.07) is 0. The van der Waals surface area contributed by atoms with Crippen LogP contribution in [0.15, 0.2) is 10.2 Å². The number of rotatable bonds is 5. The van der Waals surface area contributed by atoms with Gasteiger partial charge in [0, 0.05) is 12.4 Å². The van der Waals surface area contributed by atoms with Crippen molar-refractivity contribution in [2.75, 3.05) is 0 Å². The van der Waals surface area contributed by atoms with Crippen molar-refractivity contribution in [3.05, 3.63) is 0 Å². The van der Waals surface area contributed by atoms with Crippen LogP contribution in [0, 0.1) is 0 Å². The number of unbranched alkanes of at least 4 members (excludes halogenated alkanes) is 2. The Bertz CT molecular complexity index is 91.8. The first kappa shape index (κ1) is 9.34. The third-order valence-electron chi connectivity index (χ3n) is 1.07. The molecule has 0 atom stereocenters. The van der Waals surface area contributed by atoms with Crippen LogP contribution >= 0.6 is 0 Å². The van der Waals surface area contributed by atoms with Gasteiger partial charge < -0.3 is 0 Å². The fraction of sp³-hybridized carbons (Fsp3) is 0.750. The molecule has 0 bridgehead atoms. The predicted octanol–water partition coefficient (Wildman–Crippen LogP) is 2.64. The maximum Gasteiger partial charge on any atom is 0.0270 e. The van der Waals surface area contributed by atoms with E-state index >= 15 is 0 Å². The minimum Gasteiger partial charge on any atom is -0.164 e. The van der Waals surface area contributed by atoms with Crippen LogP contribution in [0.4, 0.5) is 0 Å². The average Bonchev–Trinajstić information content (AvgIpc) is 1.97. The van der Waals surface area contributed by atoms with Gasteiger partial charge in [0.25, 0.3) is 0 Å². The van der Waals surface area contributed by atoms with E-state index in [1.165, 1.54) is 0 Å². The highest BCUT2D eigenvalue weighted by Crippen LogP contribution is 1.83. The van der Waals surface area contributed by atoms with Crippen LogP contribution in [-0.4, -0.2) is 12.4 Å². The Kier molecular flexibility index (Phi) is 7.79. The summed E-state index contributed by atoms with van der Waals surface area (Å²) in [5.41, 5.74) is 0. The number of hydrogen-bond donors (Lipinski definition) is 0. The summed E-state index contributed by atoms with van der Waals surface area (Å²) in [7, 11) is 0. The van der Waals surface area contributed by atoms with Crippen molar-refractivity contribution in [1.82, 2.24) is 0 Å². The molecule has 10 heavy (non-hydrogen) atoms. The van der Waals surface area contributed by atoms with Crippen LogP contribution in [0.1, 0.15) is 39.5 Å². The lowest BCUT2D eigenvalue weighted by molar-refractivity contribution is 0.988. The van der Waals surface area contributed by atoms with Crippen LogP contribution in [0.5, 0.6) is 0 Å². The molecule has 0 aliphatic carbocycles. The maximum atomic E-state index is 3.84. The molecular formula is C8H16N2. The summed E-state index contributed by atoms with van der Waals surface area (Å²) in [5.74, 6) is 0. The fourth-order valence-corrected chi connectivity index (χ4v) is 0.468. The van der Waals surface area contributed by atoms with E-state index < -0.39 is 0 Å². The fourth-order valence-electron chi connectivity index (χ4n) is 0.468. The summed E-state index contributed by atoms with van der Waals surface area (Å²) in [6.07, 6.45) is 8.06. The van der Waals surface area contributed by atoms with Crippen molar-refractivity contribution in [2.24, 2.45) is 10.2 Å². The second-order valence-corrected chi connectivity index (χ2v) is 2.17. The van der Waals surface area contributed by atoms with Crippen LogP contribution in [-0.2, 0) is 0 Å². The molecule has 0 spiro atoms. The third kappa shape index (κ3) is 7.34. The highest BCUT2D eigenvalue weighted by atomic mass is 15.2. The van der Waals surface area contributed by atoms with Gasteiger partial charge in [0.15, 0.2) is 0 Å². The molecular weight excluding hydrogens is 124 g/mol. The molecule has 58 valence electrons. The van der Waals surface area contributed by atoms with E-state index in [0.717, 1.165) is 25.7 Å². The smallest absolute Gasteiger partial charge is 0.0270 e. The summed E-state index contributed by atoms with van der Waals surface area (Å²) in [4.78, 5) is 0. The molecule has 0 heterocycles. The highest BCUT2D eigenvalue weighted by molar-refractivity contribution is 5.61. The first-order chi connectivity index (χ1) is 4.91. The molecule has 0 unspecified atom stereocenters. The molecule has 0 aromatic rings. The van der Waals surface area contributed by atoms with Crippen LogP contribution in [0.3, 0.4) is 0 Å². The molecule has 0 saturated heterocycles. The van der Waals surface area contributed by atoms with Gasteiger partial charge in [0.1, 0.15) is 0 Å². The van der Waals surface area contributed by atoms with Crippen molar-refractivity contribution >= 4 is 12.4 Å². The second-order valence-electron chi connectivity index (χ2n) is 2.17. The molecule has 0 aromatic heterocycles. The van der Waals surface area contributed by atoms with Gasteiger partial charge in [0.05, 0.1) is 0 Å². The molecule has 0 radical (unpaired) electrons. The van der Waals surface area contributed by atoms with Crippen molar-refractivity contribution < 1.29 is 0 Å². The van der Waals surface area contributed by atoms with E-state index in [2.05, 4.69) is 24.1 Å². The van der Waals surface area contributed by atoms with Crippen LogP contribution in [0.25, 0.3) is 0 Å². The van der Waals surface area contributed by atoms with Crippen molar-refractivity contribution in [1.29, 1.82) is 0 Å². The zero-order valence-electron chi connectivity index (χ0n) is 6.88. The first-order valence-corrected chi connectivity index (χ1v) is 3.95. The molecule has 2 heteroatoms. The van der Waals surface area contributed by atoms with E-state index in [1.54, 1.807) is 0 Å². The van der Waals surface area contributed by atoms with Gasteiger partial charge in [-0.25, -0.2) is 0 Å². The molecule has 0 rings (SSSR count). The summed E-state index contributed by atoms with van der Waals surface area (Å²) in [5, 5.41) is 7.69. The quantitative estimate of drug-likeness (QED) is 0.414. The Hall–Kier alpha value is -0.660. The Morgan fingerprint density at radius 2 is 1.30 bits per heavy atom. The monoisotopic (exact) mass is 140 g/mol. The Morgan fingerprint density at radius 1 is 0.900 bits per heavy atom. The summed E-state index contributed by atoms with van der Waals surface area (Å²) in [6.45, 7) is 4.25.